The molecule has 2 rings (SSSR count). The van der Waals surface area contributed by atoms with Crippen molar-refractivity contribution in [3.63, 3.8) is 0 Å². The first kappa shape index (κ1) is 16.3. The number of hydrogen-bond donors (Lipinski definition) is 1. The molecule has 0 aliphatic carbocycles. The normalized spacial score (nSPS) is 19.8. The van der Waals surface area contributed by atoms with Gasteiger partial charge in [-0.2, -0.15) is 0 Å². The summed E-state index contributed by atoms with van der Waals surface area (Å²) in [6.45, 7) is 7.86. The van der Waals surface area contributed by atoms with Crippen molar-refractivity contribution in [2.45, 2.75) is 51.7 Å². The molecule has 0 aromatic carbocycles. The summed E-state index contributed by atoms with van der Waals surface area (Å²) in [4.78, 5) is 14.9. The summed E-state index contributed by atoms with van der Waals surface area (Å²) >= 11 is 5.91. The fourth-order valence-electron chi connectivity index (χ4n) is 2.12. The average Bonchev–Trinajstić information content (AvgIpc) is 2.55. The summed E-state index contributed by atoms with van der Waals surface area (Å²) in [5.74, 6) is -0.859. The van der Waals surface area contributed by atoms with E-state index in [0.717, 1.165) is 11.0 Å². The van der Waals surface area contributed by atoms with Crippen molar-refractivity contribution in [1.82, 2.24) is 4.98 Å². The van der Waals surface area contributed by atoms with Crippen molar-refractivity contribution in [1.29, 1.82) is 0 Å². The third-order valence-electron chi connectivity index (χ3n) is 4.11. The average molecular weight is 312 g/mol. The molecule has 1 aliphatic heterocycles. The van der Waals surface area contributed by atoms with Crippen LogP contribution in [0.15, 0.2) is 12.3 Å². The Bertz CT molecular complexity index is 546. The lowest BCUT2D eigenvalue weighted by atomic mass is 9.76. The van der Waals surface area contributed by atoms with Gasteiger partial charge < -0.3 is 14.4 Å². The SMILES string of the molecule is CC1(C)OB(c2cnc(Cl)cc2CCC(=O)O)OC1(C)C. The lowest BCUT2D eigenvalue weighted by molar-refractivity contribution is -0.136. The molecule has 0 spiro atoms. The number of pyridine rings is 1. The monoisotopic (exact) mass is 311 g/mol. The number of aromatic nitrogens is 1. The smallest absolute Gasteiger partial charge is 0.481 e. The van der Waals surface area contributed by atoms with Crippen LogP contribution in [0, 0.1) is 0 Å². The maximum Gasteiger partial charge on any atom is 0.496 e. The molecule has 0 saturated carbocycles. The van der Waals surface area contributed by atoms with Crippen molar-refractivity contribution < 1.29 is 19.2 Å². The maximum atomic E-state index is 10.8. The van der Waals surface area contributed by atoms with Gasteiger partial charge in [0.15, 0.2) is 0 Å². The van der Waals surface area contributed by atoms with Crippen molar-refractivity contribution >= 4 is 30.2 Å². The van der Waals surface area contributed by atoms with Crippen LogP contribution >= 0.6 is 11.6 Å². The second-order valence-corrected chi connectivity index (χ2v) is 6.58. The van der Waals surface area contributed by atoms with Crippen LogP contribution < -0.4 is 5.46 Å². The molecule has 2 heterocycles. The van der Waals surface area contributed by atoms with Gasteiger partial charge in [0.25, 0.3) is 0 Å². The van der Waals surface area contributed by atoms with E-state index in [0.29, 0.717) is 11.6 Å². The Hall–Kier alpha value is -1.11. The van der Waals surface area contributed by atoms with Gasteiger partial charge in [0, 0.05) is 18.1 Å². The van der Waals surface area contributed by atoms with E-state index in [4.69, 9.17) is 26.0 Å². The van der Waals surface area contributed by atoms with Crippen LogP contribution in [-0.4, -0.2) is 34.4 Å². The Morgan fingerprint density at radius 2 is 1.90 bits per heavy atom. The Balaban J connectivity index is 2.30. The number of halogens is 1. The number of carboxylic acids is 1. The minimum Gasteiger partial charge on any atom is -0.481 e. The van der Waals surface area contributed by atoms with E-state index in [2.05, 4.69) is 4.98 Å². The van der Waals surface area contributed by atoms with E-state index in [-0.39, 0.29) is 6.42 Å². The van der Waals surface area contributed by atoms with Gasteiger partial charge in [-0.1, -0.05) is 11.6 Å². The molecule has 0 atom stereocenters. The number of nitrogens with zero attached hydrogens (tertiary/aromatic N) is 1. The van der Waals surface area contributed by atoms with Gasteiger partial charge in [-0.05, 0) is 45.7 Å². The molecule has 114 valence electrons. The summed E-state index contributed by atoms with van der Waals surface area (Å²) < 4.78 is 12.0. The molecule has 0 amide bonds. The Morgan fingerprint density at radius 1 is 1.33 bits per heavy atom. The van der Waals surface area contributed by atoms with E-state index in [1.807, 2.05) is 27.7 Å². The van der Waals surface area contributed by atoms with Gasteiger partial charge in [0.2, 0.25) is 0 Å². The van der Waals surface area contributed by atoms with Crippen molar-refractivity contribution in [2.75, 3.05) is 0 Å². The number of aliphatic carboxylic acids is 1. The van der Waals surface area contributed by atoms with E-state index in [1.54, 1.807) is 12.3 Å². The molecular formula is C14H19BClNO4. The molecule has 7 heteroatoms. The standard InChI is InChI=1S/C14H19BClNO4/c1-13(2)14(3,4)21-15(20-13)10-8-17-11(16)7-9(10)5-6-12(18)19/h7-8H,5-6H2,1-4H3,(H,18,19). The summed E-state index contributed by atoms with van der Waals surface area (Å²) in [7, 11) is -0.566. The van der Waals surface area contributed by atoms with Crippen LogP contribution in [0.3, 0.4) is 0 Å². The number of carbonyl (C=O) groups is 1. The van der Waals surface area contributed by atoms with E-state index in [9.17, 15) is 4.79 Å². The molecule has 1 aliphatic rings. The first-order chi connectivity index (χ1) is 9.62. The zero-order valence-electron chi connectivity index (χ0n) is 12.6. The molecule has 0 radical (unpaired) electrons. The fraction of sp³-hybridized carbons (Fsp3) is 0.571. The number of aryl methyl sites for hydroxylation is 1. The predicted molar refractivity (Wildman–Crippen MR) is 80.9 cm³/mol. The molecule has 21 heavy (non-hydrogen) atoms. The van der Waals surface area contributed by atoms with Gasteiger partial charge in [-0.15, -0.1) is 0 Å². The van der Waals surface area contributed by atoms with Gasteiger partial charge in [0.05, 0.1) is 11.2 Å². The summed E-state index contributed by atoms with van der Waals surface area (Å²) in [6, 6.07) is 1.67. The summed E-state index contributed by atoms with van der Waals surface area (Å²) in [5, 5.41) is 9.18. The fourth-order valence-corrected chi connectivity index (χ4v) is 2.30. The highest BCUT2D eigenvalue weighted by molar-refractivity contribution is 6.62. The van der Waals surface area contributed by atoms with Crippen molar-refractivity contribution in [3.05, 3.63) is 23.0 Å². The number of rotatable bonds is 4. The van der Waals surface area contributed by atoms with Crippen LogP contribution in [0.5, 0.6) is 0 Å². The highest BCUT2D eigenvalue weighted by atomic mass is 35.5. The third-order valence-corrected chi connectivity index (χ3v) is 4.31. The van der Waals surface area contributed by atoms with Gasteiger partial charge in [-0.3, -0.25) is 4.79 Å². The van der Waals surface area contributed by atoms with Crippen LogP contribution in [-0.2, 0) is 20.5 Å². The topological polar surface area (TPSA) is 68.7 Å². The van der Waals surface area contributed by atoms with E-state index >= 15 is 0 Å². The highest BCUT2D eigenvalue weighted by Gasteiger charge is 2.52. The Labute approximate surface area is 129 Å². The summed E-state index contributed by atoms with van der Waals surface area (Å²) in [6.07, 6.45) is 1.98. The van der Waals surface area contributed by atoms with Gasteiger partial charge in [-0.25, -0.2) is 4.98 Å². The van der Waals surface area contributed by atoms with Crippen LogP contribution in [0.2, 0.25) is 5.15 Å². The first-order valence-electron chi connectivity index (χ1n) is 6.84. The van der Waals surface area contributed by atoms with Crippen molar-refractivity contribution in [3.8, 4) is 0 Å². The van der Waals surface area contributed by atoms with Crippen LogP contribution in [0.4, 0.5) is 0 Å². The van der Waals surface area contributed by atoms with E-state index in [1.165, 1.54) is 0 Å². The lowest BCUT2D eigenvalue weighted by Gasteiger charge is -2.32. The number of hydrogen-bond acceptors (Lipinski definition) is 4. The molecule has 0 bridgehead atoms. The third kappa shape index (κ3) is 3.39. The minimum atomic E-state index is -0.859. The molecule has 1 N–H and O–H groups in total. The molecule has 1 aromatic rings. The second kappa shape index (κ2) is 5.59. The largest absolute Gasteiger partial charge is 0.496 e. The minimum absolute atomic E-state index is 0.0207. The van der Waals surface area contributed by atoms with Crippen LogP contribution in [0.25, 0.3) is 0 Å². The molecule has 5 nitrogen and oxygen atoms in total. The van der Waals surface area contributed by atoms with Gasteiger partial charge in [0.1, 0.15) is 5.15 Å². The first-order valence-corrected chi connectivity index (χ1v) is 7.22. The van der Waals surface area contributed by atoms with Crippen molar-refractivity contribution in [2.24, 2.45) is 0 Å². The predicted octanol–water partition coefficient (Wildman–Crippen LogP) is 2.05. The quantitative estimate of drug-likeness (QED) is 0.681. The molecule has 1 fully saturated rings. The lowest BCUT2D eigenvalue weighted by Crippen LogP contribution is -2.41. The molecule has 1 saturated heterocycles. The molecule has 1 aromatic heterocycles. The molecular weight excluding hydrogens is 292 g/mol. The Kier molecular flexibility index (Phi) is 4.33. The zero-order chi connectivity index (χ0) is 15.8. The van der Waals surface area contributed by atoms with Crippen LogP contribution in [0.1, 0.15) is 39.7 Å². The summed E-state index contributed by atoms with van der Waals surface area (Å²) in [5.41, 5.74) is 0.609. The second-order valence-electron chi connectivity index (χ2n) is 6.19. The number of carboxylic acid groups (broad SMARTS) is 1. The zero-order valence-corrected chi connectivity index (χ0v) is 13.4. The molecule has 0 unspecified atom stereocenters. The van der Waals surface area contributed by atoms with E-state index < -0.39 is 24.3 Å². The maximum absolute atomic E-state index is 10.8. The Morgan fingerprint density at radius 3 is 2.43 bits per heavy atom. The highest BCUT2D eigenvalue weighted by Crippen LogP contribution is 2.36. The van der Waals surface area contributed by atoms with Gasteiger partial charge >= 0.3 is 13.1 Å².